The van der Waals surface area contributed by atoms with Crippen molar-refractivity contribution in [3.05, 3.63) is 83.7 Å². The molecule has 0 saturated carbocycles. The molecule has 5 rings (SSSR count). The summed E-state index contributed by atoms with van der Waals surface area (Å²) >= 11 is 0. The van der Waals surface area contributed by atoms with Crippen LogP contribution in [0.3, 0.4) is 0 Å². The van der Waals surface area contributed by atoms with Gasteiger partial charge in [0, 0.05) is 19.6 Å². The van der Waals surface area contributed by atoms with Crippen molar-refractivity contribution >= 4 is 5.91 Å². The number of hydrogen-bond acceptors (Lipinski definition) is 4. The Morgan fingerprint density at radius 2 is 1.56 bits per heavy atom. The van der Waals surface area contributed by atoms with E-state index < -0.39 is 0 Å². The minimum Gasteiger partial charge on any atom is -0.337 e. The summed E-state index contributed by atoms with van der Waals surface area (Å²) in [6.45, 7) is 5.16. The summed E-state index contributed by atoms with van der Waals surface area (Å²) in [5.41, 5.74) is 2.67. The predicted molar refractivity (Wildman–Crippen MR) is 124 cm³/mol. The Labute approximate surface area is 189 Å². The fourth-order valence-electron chi connectivity index (χ4n) is 5.16. The Kier molecular flexibility index (Phi) is 6.30. The molecule has 0 radical (unpaired) electrons. The van der Waals surface area contributed by atoms with Crippen LogP contribution in [-0.4, -0.2) is 63.4 Å². The minimum atomic E-state index is -0.115. The average molecular weight is 430 g/mol. The van der Waals surface area contributed by atoms with Crippen LogP contribution in [0.2, 0.25) is 0 Å². The molecular weight excluding hydrogens is 398 g/mol. The molecule has 0 bridgehead atoms. The maximum atomic E-state index is 13.3. The molecule has 6 heteroatoms. The van der Waals surface area contributed by atoms with Gasteiger partial charge < -0.3 is 9.80 Å². The summed E-state index contributed by atoms with van der Waals surface area (Å²) in [5, 5.41) is 8.70. The van der Waals surface area contributed by atoms with Gasteiger partial charge in [0.05, 0.1) is 6.20 Å². The molecule has 1 unspecified atom stereocenters. The lowest BCUT2D eigenvalue weighted by Gasteiger charge is -2.34. The first-order valence-electron chi connectivity index (χ1n) is 11.8. The second kappa shape index (κ2) is 9.65. The van der Waals surface area contributed by atoms with Crippen LogP contribution in [-0.2, 0) is 0 Å². The molecule has 166 valence electrons. The highest BCUT2D eigenvalue weighted by molar-refractivity contribution is 5.92. The first-order chi connectivity index (χ1) is 15.8. The van der Waals surface area contributed by atoms with E-state index in [9.17, 15) is 4.79 Å². The number of piperidine rings is 1. The fourth-order valence-corrected chi connectivity index (χ4v) is 5.16. The lowest BCUT2D eigenvalue weighted by molar-refractivity contribution is 0.0642. The van der Waals surface area contributed by atoms with E-state index in [4.69, 9.17) is 0 Å². The van der Waals surface area contributed by atoms with Gasteiger partial charge in [-0.25, -0.2) is 4.68 Å². The number of hydrogen-bond donors (Lipinski definition) is 0. The number of amides is 1. The molecule has 3 aromatic rings. The number of carbonyl (C=O) groups excluding carboxylic acids is 1. The largest absolute Gasteiger partial charge is 0.337 e. The lowest BCUT2D eigenvalue weighted by Crippen LogP contribution is -2.43. The number of carbonyl (C=O) groups is 1. The smallest absolute Gasteiger partial charge is 0.276 e. The van der Waals surface area contributed by atoms with Gasteiger partial charge in [0.1, 0.15) is 6.04 Å². The molecule has 32 heavy (non-hydrogen) atoms. The highest BCUT2D eigenvalue weighted by Gasteiger charge is 2.29. The highest BCUT2D eigenvalue weighted by atomic mass is 16.2. The lowest BCUT2D eigenvalue weighted by atomic mass is 9.97. The van der Waals surface area contributed by atoms with E-state index in [1.165, 1.54) is 32.4 Å². The normalized spacial score (nSPS) is 19.5. The number of likely N-dealkylation sites (tertiary alicyclic amines) is 2. The summed E-state index contributed by atoms with van der Waals surface area (Å²) in [4.78, 5) is 17.8. The Balaban J connectivity index is 1.34. The van der Waals surface area contributed by atoms with E-state index in [2.05, 4.69) is 39.5 Å². The molecule has 1 amide bonds. The molecule has 6 nitrogen and oxygen atoms in total. The van der Waals surface area contributed by atoms with E-state index in [1.807, 2.05) is 52.2 Å². The average Bonchev–Trinajstić information content (AvgIpc) is 3.53. The Bertz CT molecular complexity index is 973. The van der Waals surface area contributed by atoms with Crippen LogP contribution in [0.4, 0.5) is 0 Å². The van der Waals surface area contributed by atoms with E-state index in [1.54, 1.807) is 0 Å². The van der Waals surface area contributed by atoms with Crippen molar-refractivity contribution in [1.82, 2.24) is 24.8 Å². The van der Waals surface area contributed by atoms with E-state index >= 15 is 0 Å². The molecule has 1 atom stereocenters. The first-order valence-corrected chi connectivity index (χ1v) is 11.8. The van der Waals surface area contributed by atoms with Crippen molar-refractivity contribution in [2.75, 3.05) is 32.7 Å². The van der Waals surface area contributed by atoms with Crippen molar-refractivity contribution in [2.24, 2.45) is 5.92 Å². The van der Waals surface area contributed by atoms with Crippen molar-refractivity contribution in [3.63, 3.8) is 0 Å². The number of aromatic nitrogens is 3. The second-order valence-corrected chi connectivity index (χ2v) is 9.07. The fraction of sp³-hybridized carbons (Fsp3) is 0.423. The highest BCUT2D eigenvalue weighted by Crippen LogP contribution is 2.26. The molecule has 0 aliphatic carbocycles. The summed E-state index contributed by atoms with van der Waals surface area (Å²) in [6, 6.07) is 20.4. The maximum Gasteiger partial charge on any atom is 0.276 e. The van der Waals surface area contributed by atoms with Gasteiger partial charge in [-0.15, -0.1) is 5.10 Å². The van der Waals surface area contributed by atoms with Crippen molar-refractivity contribution in [2.45, 2.75) is 31.7 Å². The van der Waals surface area contributed by atoms with Gasteiger partial charge in [0.2, 0.25) is 0 Å². The third-order valence-electron chi connectivity index (χ3n) is 6.75. The second-order valence-electron chi connectivity index (χ2n) is 9.07. The summed E-state index contributed by atoms with van der Waals surface area (Å²) in [6.07, 6.45) is 6.70. The summed E-state index contributed by atoms with van der Waals surface area (Å²) < 4.78 is 1.82. The van der Waals surface area contributed by atoms with Gasteiger partial charge in [-0.05, 0) is 55.8 Å². The SMILES string of the molecule is O=C(c1cn(C(c2ccccc2)c2ccccc2)nn1)N1CCCC(CN2CCCC2)C1. The van der Waals surface area contributed by atoms with Gasteiger partial charge in [-0.1, -0.05) is 65.9 Å². The third-order valence-corrected chi connectivity index (χ3v) is 6.75. The van der Waals surface area contributed by atoms with Crippen LogP contribution in [0.15, 0.2) is 66.9 Å². The molecule has 1 aromatic heterocycles. The molecule has 2 aliphatic heterocycles. The molecule has 2 fully saturated rings. The van der Waals surface area contributed by atoms with E-state index in [0.29, 0.717) is 11.6 Å². The van der Waals surface area contributed by atoms with Gasteiger partial charge in [-0.2, -0.15) is 0 Å². The van der Waals surface area contributed by atoms with Gasteiger partial charge >= 0.3 is 0 Å². The molecule has 2 aliphatic rings. The number of rotatable bonds is 6. The van der Waals surface area contributed by atoms with Crippen LogP contribution in [0, 0.1) is 5.92 Å². The van der Waals surface area contributed by atoms with E-state index in [0.717, 1.165) is 37.2 Å². The zero-order valence-corrected chi connectivity index (χ0v) is 18.5. The monoisotopic (exact) mass is 429 g/mol. The topological polar surface area (TPSA) is 54.3 Å². The quantitative estimate of drug-likeness (QED) is 0.597. The van der Waals surface area contributed by atoms with Gasteiger partial charge in [0.25, 0.3) is 5.91 Å². The molecule has 0 spiro atoms. The van der Waals surface area contributed by atoms with Crippen molar-refractivity contribution in [3.8, 4) is 0 Å². The molecular formula is C26H31N5O. The summed E-state index contributed by atoms with van der Waals surface area (Å²) in [5.74, 6) is 0.560. The zero-order chi connectivity index (χ0) is 21.8. The van der Waals surface area contributed by atoms with Crippen LogP contribution in [0.25, 0.3) is 0 Å². The van der Waals surface area contributed by atoms with Crippen LogP contribution >= 0.6 is 0 Å². The van der Waals surface area contributed by atoms with Crippen LogP contribution in [0.1, 0.15) is 53.3 Å². The Morgan fingerprint density at radius 3 is 2.22 bits per heavy atom. The standard InChI is InChI=1S/C26H31N5O/c32-26(30-17-9-10-21(19-30)18-29-15-7-8-16-29)24-20-31(28-27-24)25(22-11-3-1-4-12-22)23-13-5-2-6-14-23/h1-6,11-14,20-21,25H,7-10,15-19H2. The Hall–Kier alpha value is -2.99. The molecule has 0 N–H and O–H groups in total. The maximum absolute atomic E-state index is 13.3. The zero-order valence-electron chi connectivity index (χ0n) is 18.5. The first kappa shape index (κ1) is 20.9. The number of benzene rings is 2. The van der Waals surface area contributed by atoms with Crippen molar-refractivity contribution in [1.29, 1.82) is 0 Å². The summed E-state index contributed by atoms with van der Waals surface area (Å²) in [7, 11) is 0. The van der Waals surface area contributed by atoms with Crippen LogP contribution < -0.4 is 0 Å². The number of nitrogens with zero attached hydrogens (tertiary/aromatic N) is 5. The Morgan fingerprint density at radius 1 is 0.906 bits per heavy atom. The molecule has 3 heterocycles. The van der Waals surface area contributed by atoms with Crippen molar-refractivity contribution < 1.29 is 4.79 Å². The van der Waals surface area contributed by atoms with Gasteiger partial charge in [-0.3, -0.25) is 4.79 Å². The third kappa shape index (κ3) is 4.60. The minimum absolute atomic E-state index is 0.00208. The van der Waals surface area contributed by atoms with Gasteiger partial charge in [0.15, 0.2) is 5.69 Å². The van der Waals surface area contributed by atoms with Crippen LogP contribution in [0.5, 0.6) is 0 Å². The molecule has 2 saturated heterocycles. The molecule has 2 aromatic carbocycles. The predicted octanol–water partition coefficient (Wildman–Crippen LogP) is 3.86. The van der Waals surface area contributed by atoms with E-state index in [-0.39, 0.29) is 11.9 Å².